The Balaban J connectivity index is 2.30. The number of halogens is 4. The average Bonchev–Trinajstić information content (AvgIpc) is 2.45. The van der Waals surface area contributed by atoms with Crippen LogP contribution in [0.4, 0.5) is 4.39 Å². The fourth-order valence-electron chi connectivity index (χ4n) is 2.22. The molecule has 0 fully saturated rings. The van der Waals surface area contributed by atoms with Gasteiger partial charge in [-0.3, -0.25) is 0 Å². The maximum absolute atomic E-state index is 13.3. The molecule has 2 aromatic rings. The maximum Gasteiger partial charge on any atom is 0.137 e. The van der Waals surface area contributed by atoms with Gasteiger partial charge >= 0.3 is 0 Å². The molecule has 0 bridgehead atoms. The zero-order valence-electron chi connectivity index (χ0n) is 11.5. The third-order valence-electron chi connectivity index (χ3n) is 3.21. The first kappa shape index (κ1) is 17.1. The van der Waals surface area contributed by atoms with Gasteiger partial charge in [-0.25, -0.2) is 4.39 Å². The van der Waals surface area contributed by atoms with Gasteiger partial charge in [0.2, 0.25) is 0 Å². The lowest BCUT2D eigenvalue weighted by Crippen LogP contribution is -2.23. The van der Waals surface area contributed by atoms with Crippen LogP contribution in [0.25, 0.3) is 0 Å². The van der Waals surface area contributed by atoms with Crippen LogP contribution in [0.5, 0.6) is 0 Å². The summed E-state index contributed by atoms with van der Waals surface area (Å²) < 4.78 is 16.0. The second-order valence-corrected chi connectivity index (χ2v) is 7.35. The van der Waals surface area contributed by atoms with Gasteiger partial charge in [0.05, 0.1) is 4.47 Å². The van der Waals surface area contributed by atoms with Gasteiger partial charge < -0.3 is 5.32 Å². The Morgan fingerprint density at radius 2 is 1.81 bits per heavy atom. The van der Waals surface area contributed by atoms with Gasteiger partial charge in [-0.05, 0) is 70.4 Å². The van der Waals surface area contributed by atoms with Crippen LogP contribution in [0.2, 0.25) is 0 Å². The molecule has 1 unspecified atom stereocenters. The number of hydrogen-bond acceptors (Lipinski definition) is 1. The molecule has 2 rings (SSSR count). The highest BCUT2D eigenvalue weighted by Crippen LogP contribution is 2.30. The lowest BCUT2D eigenvalue weighted by Gasteiger charge is -2.20. The van der Waals surface area contributed by atoms with Crippen molar-refractivity contribution in [2.24, 2.45) is 0 Å². The Kier molecular flexibility index (Phi) is 6.41. The summed E-state index contributed by atoms with van der Waals surface area (Å²) in [6, 6.07) is 11.5. The number of hydrogen-bond donors (Lipinski definition) is 1. The Morgan fingerprint density at radius 3 is 2.48 bits per heavy atom. The second kappa shape index (κ2) is 7.86. The minimum Gasteiger partial charge on any atom is -0.310 e. The summed E-state index contributed by atoms with van der Waals surface area (Å²) in [7, 11) is 0. The van der Waals surface area contributed by atoms with E-state index in [1.807, 2.05) is 24.3 Å². The summed E-state index contributed by atoms with van der Waals surface area (Å²) in [5, 5.41) is 3.49. The fourth-order valence-corrected chi connectivity index (χ4v) is 3.55. The third kappa shape index (κ3) is 4.62. The third-order valence-corrected chi connectivity index (χ3v) is 5.03. The van der Waals surface area contributed by atoms with E-state index in [2.05, 4.69) is 66.1 Å². The van der Waals surface area contributed by atoms with Crippen LogP contribution in [0, 0.1) is 5.82 Å². The van der Waals surface area contributed by atoms with E-state index in [9.17, 15) is 4.39 Å². The molecule has 0 aliphatic rings. The molecule has 21 heavy (non-hydrogen) atoms. The standard InChI is InChI=1S/C16H15Br3FN/c1-2-21-16(12-9-11(17)4-5-13(12)18)8-10-3-6-15(20)14(19)7-10/h3-7,9,16,21H,2,8H2,1H3. The molecule has 0 aromatic heterocycles. The van der Waals surface area contributed by atoms with E-state index in [1.165, 1.54) is 11.6 Å². The van der Waals surface area contributed by atoms with Crippen molar-refractivity contribution in [3.8, 4) is 0 Å². The molecule has 0 saturated carbocycles. The Hall–Kier alpha value is -0.230. The van der Waals surface area contributed by atoms with Gasteiger partial charge in [0.1, 0.15) is 5.82 Å². The molecular weight excluding hydrogens is 465 g/mol. The summed E-state index contributed by atoms with van der Waals surface area (Å²) in [6.45, 7) is 2.95. The van der Waals surface area contributed by atoms with Crippen LogP contribution >= 0.6 is 47.8 Å². The highest BCUT2D eigenvalue weighted by atomic mass is 79.9. The highest BCUT2D eigenvalue weighted by molar-refractivity contribution is 9.11. The summed E-state index contributed by atoms with van der Waals surface area (Å²) in [5.41, 5.74) is 2.27. The van der Waals surface area contributed by atoms with Crippen LogP contribution in [-0.4, -0.2) is 6.54 Å². The summed E-state index contributed by atoms with van der Waals surface area (Å²) in [6.07, 6.45) is 0.793. The molecule has 0 saturated heterocycles. The quantitative estimate of drug-likeness (QED) is 0.554. The molecule has 2 aromatic carbocycles. The average molecular weight is 480 g/mol. The first-order valence-electron chi connectivity index (χ1n) is 6.63. The van der Waals surface area contributed by atoms with Gasteiger partial charge in [-0.2, -0.15) is 0 Å². The first-order chi connectivity index (χ1) is 10.0. The molecule has 0 spiro atoms. The van der Waals surface area contributed by atoms with Crippen molar-refractivity contribution >= 4 is 47.8 Å². The van der Waals surface area contributed by atoms with Crippen LogP contribution in [-0.2, 0) is 6.42 Å². The molecule has 0 radical (unpaired) electrons. The van der Waals surface area contributed by atoms with Crippen molar-refractivity contribution in [3.05, 3.63) is 66.8 Å². The highest BCUT2D eigenvalue weighted by Gasteiger charge is 2.15. The van der Waals surface area contributed by atoms with Crippen molar-refractivity contribution in [2.75, 3.05) is 6.54 Å². The van der Waals surface area contributed by atoms with E-state index >= 15 is 0 Å². The van der Waals surface area contributed by atoms with Crippen LogP contribution in [0.1, 0.15) is 24.1 Å². The lowest BCUT2D eigenvalue weighted by molar-refractivity contribution is 0.546. The number of likely N-dealkylation sites (N-methyl/N-ethyl adjacent to an activating group) is 1. The predicted octanol–water partition coefficient (Wildman–Crippen LogP) is 6.01. The van der Waals surface area contributed by atoms with Crippen molar-refractivity contribution in [3.63, 3.8) is 0 Å². The van der Waals surface area contributed by atoms with E-state index in [0.717, 1.165) is 27.5 Å². The van der Waals surface area contributed by atoms with E-state index < -0.39 is 0 Å². The normalized spacial score (nSPS) is 12.4. The van der Waals surface area contributed by atoms with E-state index in [1.54, 1.807) is 0 Å². The zero-order chi connectivity index (χ0) is 15.4. The number of nitrogens with one attached hydrogen (secondary N) is 1. The Morgan fingerprint density at radius 1 is 1.05 bits per heavy atom. The van der Waals surface area contributed by atoms with Crippen molar-refractivity contribution < 1.29 is 4.39 Å². The Bertz CT molecular complexity index is 631. The molecule has 112 valence electrons. The van der Waals surface area contributed by atoms with Crippen LogP contribution in [0.15, 0.2) is 49.8 Å². The summed E-state index contributed by atoms with van der Waals surface area (Å²) in [5.74, 6) is -0.234. The van der Waals surface area contributed by atoms with E-state index in [0.29, 0.717) is 4.47 Å². The van der Waals surface area contributed by atoms with E-state index in [4.69, 9.17) is 0 Å². The lowest BCUT2D eigenvalue weighted by atomic mass is 9.99. The van der Waals surface area contributed by atoms with Gasteiger partial charge in [-0.15, -0.1) is 0 Å². The van der Waals surface area contributed by atoms with Crippen LogP contribution < -0.4 is 5.32 Å². The molecule has 1 N–H and O–H groups in total. The zero-order valence-corrected chi connectivity index (χ0v) is 16.2. The van der Waals surface area contributed by atoms with Gasteiger partial charge in [0.25, 0.3) is 0 Å². The summed E-state index contributed by atoms with van der Waals surface area (Å²) in [4.78, 5) is 0. The van der Waals surface area contributed by atoms with E-state index in [-0.39, 0.29) is 11.9 Å². The molecular formula is C16H15Br3FN. The molecule has 0 amide bonds. The monoisotopic (exact) mass is 477 g/mol. The molecule has 0 heterocycles. The minimum atomic E-state index is -0.234. The molecule has 1 atom stereocenters. The first-order valence-corrected chi connectivity index (χ1v) is 9.01. The number of benzene rings is 2. The Labute approximate surface area is 149 Å². The topological polar surface area (TPSA) is 12.0 Å². The minimum absolute atomic E-state index is 0.166. The smallest absolute Gasteiger partial charge is 0.137 e. The molecule has 0 aliphatic carbocycles. The van der Waals surface area contributed by atoms with Crippen molar-refractivity contribution in [1.82, 2.24) is 5.32 Å². The predicted molar refractivity (Wildman–Crippen MR) is 96.1 cm³/mol. The van der Waals surface area contributed by atoms with Crippen molar-refractivity contribution in [1.29, 1.82) is 0 Å². The maximum atomic E-state index is 13.3. The molecule has 0 aliphatic heterocycles. The largest absolute Gasteiger partial charge is 0.310 e. The van der Waals surface area contributed by atoms with Crippen molar-refractivity contribution in [2.45, 2.75) is 19.4 Å². The SMILES string of the molecule is CCNC(Cc1ccc(F)c(Br)c1)c1cc(Br)ccc1Br. The molecule has 1 nitrogen and oxygen atoms in total. The summed E-state index contributed by atoms with van der Waals surface area (Å²) >= 11 is 10.4. The second-order valence-electron chi connectivity index (χ2n) is 4.73. The van der Waals surface area contributed by atoms with Gasteiger partial charge in [-0.1, -0.05) is 44.8 Å². The van der Waals surface area contributed by atoms with Crippen LogP contribution in [0.3, 0.4) is 0 Å². The van der Waals surface area contributed by atoms with Gasteiger partial charge in [0.15, 0.2) is 0 Å². The fraction of sp³-hybridized carbons (Fsp3) is 0.250. The van der Waals surface area contributed by atoms with Gasteiger partial charge in [0, 0.05) is 15.0 Å². The molecule has 5 heteroatoms. The number of rotatable bonds is 5.